The number of hydrogen-bond acceptors (Lipinski definition) is 10. The van der Waals surface area contributed by atoms with Crippen LogP contribution in [0.1, 0.15) is 57.9 Å². The van der Waals surface area contributed by atoms with Crippen LogP contribution < -0.4 is 4.74 Å². The molecule has 3 rings (SSSR count). The molecule has 1 aromatic rings. The summed E-state index contributed by atoms with van der Waals surface area (Å²) in [6.07, 6.45) is 5.07. The Balaban J connectivity index is 1.63. The van der Waals surface area contributed by atoms with Gasteiger partial charge >= 0.3 is 5.97 Å². The van der Waals surface area contributed by atoms with E-state index in [0.29, 0.717) is 41.2 Å². The first kappa shape index (κ1) is 30.0. The van der Waals surface area contributed by atoms with E-state index in [1.54, 1.807) is 56.3 Å². The van der Waals surface area contributed by atoms with Crippen molar-refractivity contribution in [2.45, 2.75) is 58.0 Å². The summed E-state index contributed by atoms with van der Waals surface area (Å²) in [6, 6.07) is 10.4. The van der Waals surface area contributed by atoms with Crippen LogP contribution in [-0.4, -0.2) is 35.1 Å². The topological polar surface area (TPSA) is 202 Å². The second-order valence-corrected chi connectivity index (χ2v) is 9.39. The van der Waals surface area contributed by atoms with E-state index in [-0.39, 0.29) is 48.5 Å². The molecule has 1 aromatic carbocycles. The number of hydroxylamine groups is 2. The van der Waals surface area contributed by atoms with Crippen LogP contribution in [0.3, 0.4) is 0 Å². The first-order valence-electron chi connectivity index (χ1n) is 12.6. The van der Waals surface area contributed by atoms with Gasteiger partial charge in [-0.2, -0.15) is 15.8 Å². The van der Waals surface area contributed by atoms with Gasteiger partial charge in [0, 0.05) is 29.7 Å². The van der Waals surface area contributed by atoms with E-state index in [1.807, 2.05) is 6.07 Å². The fourth-order valence-corrected chi connectivity index (χ4v) is 4.08. The van der Waals surface area contributed by atoms with Crippen molar-refractivity contribution in [2.75, 3.05) is 6.61 Å². The highest BCUT2D eigenvalue weighted by atomic mass is 16.7. The maximum absolute atomic E-state index is 11.9. The molecule has 208 valence electrons. The Morgan fingerprint density at radius 3 is 2.49 bits per heavy atom. The number of nitrogens with zero attached hydrogens (tertiary/aromatic N) is 7. The minimum atomic E-state index is -0.966. The van der Waals surface area contributed by atoms with E-state index in [9.17, 15) is 30.2 Å². The summed E-state index contributed by atoms with van der Waals surface area (Å²) >= 11 is 0. The van der Waals surface area contributed by atoms with Crippen molar-refractivity contribution in [3.63, 3.8) is 0 Å². The molecule has 13 heteroatoms. The summed E-state index contributed by atoms with van der Waals surface area (Å²) in [7, 11) is 0. The number of allylic oxidation sites excluding steroid dienone is 2. The summed E-state index contributed by atoms with van der Waals surface area (Å²) in [5.74, 6) is -1.45. The maximum Gasteiger partial charge on any atom is 0.333 e. The number of carbonyl (C=O) groups excluding carboxylic acids is 3. The van der Waals surface area contributed by atoms with Gasteiger partial charge in [0.25, 0.3) is 11.8 Å². The Kier molecular flexibility index (Phi) is 9.86. The predicted octanol–water partition coefficient (Wildman–Crippen LogP) is 5.12. The minimum Gasteiger partial charge on any atom is -0.493 e. The molecule has 0 saturated carbocycles. The Bertz CT molecular complexity index is 1500. The SMILES string of the molecule is CC1(C)OC(=C(C#N)C#N)C(C#N)=C1C=Cc1ccc(N=[N+]=[N-])c(OCCCCCC(=O)ON2C(=O)CCC2=O)c1. The molecule has 2 amide bonds. The number of azide groups is 1. The number of hydrogen-bond donors (Lipinski definition) is 0. The number of amides is 2. The summed E-state index contributed by atoms with van der Waals surface area (Å²) in [4.78, 5) is 42.6. The number of unbranched alkanes of at least 4 members (excludes halogenated alkanes) is 2. The minimum absolute atomic E-state index is 0.0308. The Labute approximate surface area is 235 Å². The third-order valence-corrected chi connectivity index (χ3v) is 6.13. The molecule has 1 saturated heterocycles. The fraction of sp³-hybridized carbons (Fsp3) is 0.357. The highest BCUT2D eigenvalue weighted by Crippen LogP contribution is 2.40. The molecule has 0 spiro atoms. The average molecular weight is 556 g/mol. The molecule has 0 radical (unpaired) electrons. The molecule has 0 atom stereocenters. The van der Waals surface area contributed by atoms with Gasteiger partial charge < -0.3 is 14.3 Å². The number of rotatable bonds is 11. The number of carbonyl (C=O) groups is 3. The summed E-state index contributed by atoms with van der Waals surface area (Å²) in [5.41, 5.74) is 9.16. The van der Waals surface area contributed by atoms with Crippen LogP contribution in [0.15, 0.2) is 51.9 Å². The quantitative estimate of drug-likeness (QED) is 0.0886. The average Bonchev–Trinajstić information content (AvgIpc) is 3.40. The predicted molar refractivity (Wildman–Crippen MR) is 141 cm³/mol. The van der Waals surface area contributed by atoms with Crippen LogP contribution in [-0.2, 0) is 24.0 Å². The standard InChI is InChI=1S/C28H25N7O6/c1-28(2)21(20(17-31)27(40-28)19(15-29)16-30)9-7-18-8-10-22(33-34-32)23(14-18)39-13-5-3-4-6-26(38)41-35-24(36)11-12-25(35)37/h7-10,14H,3-6,11-13H2,1-2H3. The lowest BCUT2D eigenvalue weighted by atomic mass is 9.94. The lowest BCUT2D eigenvalue weighted by Gasteiger charge is -2.20. The lowest BCUT2D eigenvalue weighted by Crippen LogP contribution is -2.31. The van der Waals surface area contributed by atoms with Crippen LogP contribution in [0.2, 0.25) is 0 Å². The molecular weight excluding hydrogens is 530 g/mol. The van der Waals surface area contributed by atoms with Crippen LogP contribution in [0.25, 0.3) is 16.5 Å². The molecule has 0 aromatic heterocycles. The zero-order valence-electron chi connectivity index (χ0n) is 22.4. The summed E-state index contributed by atoms with van der Waals surface area (Å²) in [6.45, 7) is 3.69. The first-order valence-corrected chi connectivity index (χ1v) is 12.6. The maximum atomic E-state index is 11.9. The van der Waals surface area contributed by atoms with E-state index in [1.165, 1.54) is 0 Å². The second-order valence-electron chi connectivity index (χ2n) is 9.39. The van der Waals surface area contributed by atoms with Crippen molar-refractivity contribution < 1.29 is 28.7 Å². The fourth-order valence-electron chi connectivity index (χ4n) is 4.08. The third-order valence-electron chi connectivity index (χ3n) is 6.13. The van der Waals surface area contributed by atoms with Gasteiger partial charge in [0.2, 0.25) is 0 Å². The Hall–Kier alpha value is -5.57. The van der Waals surface area contributed by atoms with Crippen molar-refractivity contribution in [1.82, 2.24) is 5.06 Å². The molecule has 41 heavy (non-hydrogen) atoms. The van der Waals surface area contributed by atoms with Gasteiger partial charge in [0.05, 0.1) is 12.3 Å². The highest BCUT2D eigenvalue weighted by molar-refractivity contribution is 6.01. The van der Waals surface area contributed by atoms with Gasteiger partial charge in [-0.3, -0.25) is 9.59 Å². The highest BCUT2D eigenvalue weighted by Gasteiger charge is 2.38. The van der Waals surface area contributed by atoms with Crippen molar-refractivity contribution in [1.29, 1.82) is 15.8 Å². The first-order chi connectivity index (χ1) is 19.6. The second kappa shape index (κ2) is 13.5. The van der Waals surface area contributed by atoms with Crippen LogP contribution in [0.5, 0.6) is 5.75 Å². The van der Waals surface area contributed by atoms with Gasteiger partial charge in [-0.1, -0.05) is 23.3 Å². The van der Waals surface area contributed by atoms with Gasteiger partial charge in [-0.05, 0) is 56.3 Å². The molecule has 2 aliphatic heterocycles. The number of benzene rings is 1. The van der Waals surface area contributed by atoms with Crippen molar-refractivity contribution in [3.8, 4) is 24.0 Å². The summed E-state index contributed by atoms with van der Waals surface area (Å²) < 4.78 is 11.6. The van der Waals surface area contributed by atoms with Gasteiger partial charge in [0.1, 0.15) is 35.1 Å². The van der Waals surface area contributed by atoms with E-state index in [2.05, 4.69) is 10.0 Å². The van der Waals surface area contributed by atoms with E-state index in [0.717, 1.165) is 0 Å². The Morgan fingerprint density at radius 1 is 1.15 bits per heavy atom. The van der Waals surface area contributed by atoms with Crippen LogP contribution in [0.4, 0.5) is 5.69 Å². The van der Waals surface area contributed by atoms with E-state index < -0.39 is 23.4 Å². The van der Waals surface area contributed by atoms with Crippen molar-refractivity contribution in [3.05, 3.63) is 62.8 Å². The number of ether oxygens (including phenoxy) is 2. The van der Waals surface area contributed by atoms with Crippen LogP contribution >= 0.6 is 0 Å². The van der Waals surface area contributed by atoms with Gasteiger partial charge in [0.15, 0.2) is 11.3 Å². The smallest absolute Gasteiger partial charge is 0.333 e. The van der Waals surface area contributed by atoms with Gasteiger partial charge in [-0.15, -0.1) is 5.06 Å². The summed E-state index contributed by atoms with van der Waals surface area (Å²) in [5, 5.41) is 32.3. The molecule has 1 fully saturated rings. The molecule has 0 aliphatic carbocycles. The number of imide groups is 1. The van der Waals surface area contributed by atoms with Crippen molar-refractivity contribution >= 4 is 29.5 Å². The largest absolute Gasteiger partial charge is 0.493 e. The van der Waals surface area contributed by atoms with Crippen LogP contribution in [0, 0.1) is 34.0 Å². The molecule has 0 unspecified atom stereocenters. The van der Waals surface area contributed by atoms with E-state index >= 15 is 0 Å². The molecule has 13 nitrogen and oxygen atoms in total. The molecule has 2 aliphatic rings. The molecular formula is C28H25N7O6. The third kappa shape index (κ3) is 7.30. The number of nitriles is 3. The van der Waals surface area contributed by atoms with Gasteiger partial charge in [-0.25, -0.2) is 4.79 Å². The molecule has 2 heterocycles. The zero-order valence-corrected chi connectivity index (χ0v) is 22.4. The normalized spacial score (nSPS) is 15.6. The lowest BCUT2D eigenvalue weighted by molar-refractivity contribution is -0.197. The molecule has 0 bridgehead atoms. The monoisotopic (exact) mass is 555 g/mol. The van der Waals surface area contributed by atoms with E-state index in [4.69, 9.17) is 19.8 Å². The molecule has 0 N–H and O–H groups in total. The Morgan fingerprint density at radius 2 is 1.85 bits per heavy atom. The van der Waals surface area contributed by atoms with Crippen molar-refractivity contribution in [2.24, 2.45) is 5.11 Å². The zero-order chi connectivity index (χ0) is 30.0.